The largest absolute Gasteiger partial charge is 0.369 e. The van der Waals surface area contributed by atoms with Crippen LogP contribution in [0.4, 0.5) is 14.5 Å². The molecule has 0 aliphatic carbocycles. The average Bonchev–Trinajstić information content (AvgIpc) is 2.57. The van der Waals surface area contributed by atoms with Crippen molar-refractivity contribution in [3.63, 3.8) is 0 Å². The molecule has 0 aromatic heterocycles. The number of hydrogen-bond acceptors (Lipinski definition) is 3. The van der Waals surface area contributed by atoms with Gasteiger partial charge in [0.15, 0.2) is 0 Å². The van der Waals surface area contributed by atoms with E-state index in [1.165, 1.54) is 4.31 Å². The Morgan fingerprint density at radius 2 is 1.56 bits per heavy atom. The van der Waals surface area contributed by atoms with Crippen LogP contribution in [0, 0.1) is 11.6 Å². The van der Waals surface area contributed by atoms with E-state index in [-0.39, 0.29) is 13.1 Å². The van der Waals surface area contributed by atoms with Gasteiger partial charge in [0, 0.05) is 37.9 Å². The Hall–Kier alpha value is -1.41. The topological polar surface area (TPSA) is 40.6 Å². The van der Waals surface area contributed by atoms with E-state index in [4.69, 9.17) is 23.2 Å². The van der Waals surface area contributed by atoms with Gasteiger partial charge in [0.1, 0.15) is 16.5 Å². The van der Waals surface area contributed by atoms with Crippen LogP contribution in [0.1, 0.15) is 0 Å². The van der Waals surface area contributed by atoms with Gasteiger partial charge in [-0.15, -0.1) is 0 Å². The maximum atomic E-state index is 13.8. The molecule has 2 aromatic carbocycles. The van der Waals surface area contributed by atoms with Crippen molar-refractivity contribution in [1.29, 1.82) is 0 Å². The summed E-state index contributed by atoms with van der Waals surface area (Å²) in [5.74, 6) is -1.91. The molecule has 0 spiro atoms. The van der Waals surface area contributed by atoms with Crippen molar-refractivity contribution in [2.75, 3.05) is 31.1 Å². The van der Waals surface area contributed by atoms with Gasteiger partial charge in [-0.05, 0) is 30.3 Å². The van der Waals surface area contributed by atoms with E-state index in [2.05, 4.69) is 0 Å². The molecule has 1 saturated heterocycles. The van der Waals surface area contributed by atoms with Gasteiger partial charge in [-0.2, -0.15) is 4.31 Å². The number of nitrogens with zero attached hydrogens (tertiary/aromatic N) is 2. The van der Waals surface area contributed by atoms with E-state index in [9.17, 15) is 17.2 Å². The normalized spacial score (nSPS) is 16.2. The summed E-state index contributed by atoms with van der Waals surface area (Å²) in [6.07, 6.45) is 0. The Balaban J connectivity index is 1.76. The summed E-state index contributed by atoms with van der Waals surface area (Å²) in [7, 11) is -4.01. The first-order valence-corrected chi connectivity index (χ1v) is 9.64. The molecule has 1 heterocycles. The number of halogens is 4. The van der Waals surface area contributed by atoms with Gasteiger partial charge >= 0.3 is 0 Å². The first kappa shape index (κ1) is 18.4. The van der Waals surface area contributed by atoms with Crippen molar-refractivity contribution in [2.24, 2.45) is 0 Å². The van der Waals surface area contributed by atoms with Crippen molar-refractivity contribution in [2.45, 2.75) is 4.90 Å². The molecule has 0 unspecified atom stereocenters. The minimum Gasteiger partial charge on any atom is -0.369 e. The highest BCUT2D eigenvalue weighted by molar-refractivity contribution is 7.89. The lowest BCUT2D eigenvalue weighted by Crippen LogP contribution is -2.48. The lowest BCUT2D eigenvalue weighted by Gasteiger charge is -2.35. The van der Waals surface area contributed by atoms with Gasteiger partial charge in [-0.1, -0.05) is 23.2 Å². The number of hydrogen-bond donors (Lipinski definition) is 0. The zero-order valence-electron chi connectivity index (χ0n) is 12.9. The van der Waals surface area contributed by atoms with Gasteiger partial charge in [-0.3, -0.25) is 0 Å². The second-order valence-electron chi connectivity index (χ2n) is 5.56. The van der Waals surface area contributed by atoms with E-state index >= 15 is 0 Å². The SMILES string of the molecule is O=S(=O)(c1ccc(F)cc1F)N1CCN(c2ccc(Cl)c(Cl)c2)CC1. The summed E-state index contributed by atoms with van der Waals surface area (Å²) in [6.45, 7) is 1.19. The van der Waals surface area contributed by atoms with Gasteiger partial charge in [0.25, 0.3) is 0 Å². The van der Waals surface area contributed by atoms with Crippen molar-refractivity contribution < 1.29 is 17.2 Å². The molecule has 3 rings (SSSR count). The molecule has 0 amide bonds. The quantitative estimate of drug-likeness (QED) is 0.778. The highest BCUT2D eigenvalue weighted by atomic mass is 35.5. The molecule has 1 fully saturated rings. The van der Waals surface area contributed by atoms with E-state index in [1.807, 2.05) is 4.90 Å². The zero-order chi connectivity index (χ0) is 18.2. The second kappa shape index (κ2) is 7.07. The molecular weight excluding hydrogens is 393 g/mol. The predicted molar refractivity (Wildman–Crippen MR) is 93.8 cm³/mol. The van der Waals surface area contributed by atoms with Gasteiger partial charge in [0.2, 0.25) is 10.0 Å². The first-order valence-electron chi connectivity index (χ1n) is 7.44. The van der Waals surface area contributed by atoms with E-state index < -0.39 is 26.6 Å². The third kappa shape index (κ3) is 3.74. The van der Waals surface area contributed by atoms with Crippen LogP contribution in [0.25, 0.3) is 0 Å². The van der Waals surface area contributed by atoms with Gasteiger partial charge in [-0.25, -0.2) is 17.2 Å². The molecule has 25 heavy (non-hydrogen) atoms. The van der Waals surface area contributed by atoms with Crippen molar-refractivity contribution >= 4 is 38.9 Å². The third-order valence-electron chi connectivity index (χ3n) is 4.02. The minimum absolute atomic E-state index is 0.180. The lowest BCUT2D eigenvalue weighted by molar-refractivity contribution is 0.382. The molecule has 9 heteroatoms. The van der Waals surface area contributed by atoms with Crippen molar-refractivity contribution in [1.82, 2.24) is 4.31 Å². The minimum atomic E-state index is -4.01. The van der Waals surface area contributed by atoms with Crippen LogP contribution in [0.3, 0.4) is 0 Å². The smallest absolute Gasteiger partial charge is 0.246 e. The molecule has 2 aromatic rings. The molecular formula is C16H14Cl2F2N2O2S. The number of sulfonamides is 1. The number of piperazine rings is 1. The molecule has 0 N–H and O–H groups in total. The number of anilines is 1. The molecule has 1 aliphatic heterocycles. The van der Waals surface area contributed by atoms with Crippen LogP contribution in [0.15, 0.2) is 41.3 Å². The van der Waals surface area contributed by atoms with E-state index in [1.54, 1.807) is 18.2 Å². The predicted octanol–water partition coefficient (Wildman–Crippen LogP) is 3.78. The highest BCUT2D eigenvalue weighted by Crippen LogP contribution is 2.28. The first-order chi connectivity index (χ1) is 11.8. The standard InChI is InChI=1S/C16H14Cl2F2N2O2S/c17-13-3-2-12(10-14(13)18)21-5-7-22(8-6-21)25(23,24)16-4-1-11(19)9-15(16)20/h1-4,9-10H,5-8H2. The average molecular weight is 407 g/mol. The van der Waals surface area contributed by atoms with Crippen molar-refractivity contribution in [3.05, 3.63) is 58.1 Å². The molecule has 134 valence electrons. The summed E-state index contributed by atoms with van der Waals surface area (Å²) in [6, 6.07) is 7.65. The van der Waals surface area contributed by atoms with Crippen LogP contribution in [-0.2, 0) is 10.0 Å². The zero-order valence-corrected chi connectivity index (χ0v) is 15.3. The Bertz CT molecular complexity index is 901. The summed E-state index contributed by atoms with van der Waals surface area (Å²) in [4.78, 5) is 1.45. The van der Waals surface area contributed by atoms with E-state index in [0.29, 0.717) is 29.2 Å². The van der Waals surface area contributed by atoms with Gasteiger partial charge < -0.3 is 4.90 Å². The molecule has 1 aliphatic rings. The van der Waals surface area contributed by atoms with Gasteiger partial charge in [0.05, 0.1) is 10.0 Å². The Labute approximate surface area is 154 Å². The molecule has 0 radical (unpaired) electrons. The molecule has 0 atom stereocenters. The van der Waals surface area contributed by atoms with Crippen LogP contribution in [0.5, 0.6) is 0 Å². The Morgan fingerprint density at radius 3 is 2.16 bits per heavy atom. The fourth-order valence-electron chi connectivity index (χ4n) is 2.69. The summed E-state index contributed by atoms with van der Waals surface area (Å²) in [5, 5.41) is 0.862. The molecule has 0 saturated carbocycles. The summed E-state index contributed by atoms with van der Waals surface area (Å²) in [5.41, 5.74) is 0.833. The fraction of sp³-hybridized carbons (Fsp3) is 0.250. The van der Waals surface area contributed by atoms with Crippen molar-refractivity contribution in [3.8, 4) is 0 Å². The summed E-state index contributed by atoms with van der Waals surface area (Å²) >= 11 is 11.9. The maximum Gasteiger partial charge on any atom is 0.246 e. The monoisotopic (exact) mass is 406 g/mol. The van der Waals surface area contributed by atoms with Crippen LogP contribution in [-0.4, -0.2) is 38.9 Å². The third-order valence-corrected chi connectivity index (χ3v) is 6.69. The fourth-order valence-corrected chi connectivity index (χ4v) is 4.45. The molecule has 0 bridgehead atoms. The van der Waals surface area contributed by atoms with E-state index in [0.717, 1.165) is 17.8 Å². The highest BCUT2D eigenvalue weighted by Gasteiger charge is 2.31. The molecule has 4 nitrogen and oxygen atoms in total. The van der Waals surface area contributed by atoms with Crippen LogP contribution in [0.2, 0.25) is 10.0 Å². The maximum absolute atomic E-state index is 13.8. The Kier molecular flexibility index (Phi) is 5.20. The number of rotatable bonds is 3. The lowest BCUT2D eigenvalue weighted by atomic mass is 10.2. The van der Waals surface area contributed by atoms with Crippen LogP contribution < -0.4 is 4.90 Å². The summed E-state index contributed by atoms with van der Waals surface area (Å²) < 4.78 is 53.2. The Morgan fingerprint density at radius 1 is 0.880 bits per heavy atom. The van der Waals surface area contributed by atoms with Crippen LogP contribution >= 0.6 is 23.2 Å². The number of benzene rings is 2. The second-order valence-corrected chi connectivity index (χ2v) is 8.29.